The smallest absolute Gasteiger partial charge is 0.312 e. The molecule has 3 rings (SSSR count). The van der Waals surface area contributed by atoms with Crippen LogP contribution in [0, 0.1) is 29.1 Å². The van der Waals surface area contributed by atoms with Crippen LogP contribution in [0.15, 0.2) is 0 Å². The van der Waals surface area contributed by atoms with Gasteiger partial charge in [0.25, 0.3) is 0 Å². The van der Waals surface area contributed by atoms with E-state index >= 15 is 0 Å². The van der Waals surface area contributed by atoms with Gasteiger partial charge in [0, 0.05) is 0 Å². The number of esters is 1. The predicted octanol–water partition coefficient (Wildman–Crippen LogP) is 3.50. The summed E-state index contributed by atoms with van der Waals surface area (Å²) < 4.78 is 5.19. The Morgan fingerprint density at radius 2 is 1.94 bits per heavy atom. The lowest BCUT2D eigenvalue weighted by molar-refractivity contribution is -0.150. The summed E-state index contributed by atoms with van der Waals surface area (Å²) in [4.78, 5) is 11.8. The van der Waals surface area contributed by atoms with Gasteiger partial charge >= 0.3 is 5.97 Å². The number of carbonyl (C=O) groups is 1. The number of hydrogen-bond acceptors (Lipinski definition) is 2. The Morgan fingerprint density at radius 3 is 2.38 bits per heavy atom. The lowest BCUT2D eigenvalue weighted by Gasteiger charge is -2.37. The molecular formula is C14H26O2. The molecule has 5 unspecified atom stereocenters. The van der Waals surface area contributed by atoms with Gasteiger partial charge in [-0.05, 0) is 42.9 Å². The van der Waals surface area contributed by atoms with E-state index < -0.39 is 0 Å². The van der Waals surface area contributed by atoms with Crippen LogP contribution in [0.25, 0.3) is 0 Å². The molecule has 1 heterocycles. The molecule has 0 radical (unpaired) electrons. The van der Waals surface area contributed by atoms with Crippen LogP contribution in [-0.2, 0) is 9.53 Å². The SMILES string of the molecule is C.C.CC1C2CC(C1C)C1(CCOC1=O)C2. The summed E-state index contributed by atoms with van der Waals surface area (Å²) >= 11 is 0. The second kappa shape index (κ2) is 4.05. The predicted molar refractivity (Wildman–Crippen MR) is 66.0 cm³/mol. The molecule has 1 saturated heterocycles. The summed E-state index contributed by atoms with van der Waals surface area (Å²) in [6, 6.07) is 0. The molecular weight excluding hydrogens is 200 g/mol. The Hall–Kier alpha value is -0.530. The third-order valence-corrected chi connectivity index (χ3v) is 5.29. The van der Waals surface area contributed by atoms with E-state index in [1.165, 1.54) is 6.42 Å². The van der Waals surface area contributed by atoms with E-state index in [1.807, 2.05) is 0 Å². The summed E-state index contributed by atoms with van der Waals surface area (Å²) in [6.45, 7) is 5.34. The van der Waals surface area contributed by atoms with E-state index in [0.29, 0.717) is 12.5 Å². The molecule has 16 heavy (non-hydrogen) atoms. The maximum absolute atomic E-state index is 11.8. The van der Waals surface area contributed by atoms with Crippen molar-refractivity contribution in [1.29, 1.82) is 0 Å². The molecule has 0 aromatic carbocycles. The number of ether oxygens (including phenoxy) is 1. The minimum atomic E-state index is -0.0450. The van der Waals surface area contributed by atoms with Crippen LogP contribution >= 0.6 is 0 Å². The molecule has 1 spiro atoms. The third kappa shape index (κ3) is 1.34. The van der Waals surface area contributed by atoms with Crippen molar-refractivity contribution in [3.63, 3.8) is 0 Å². The maximum Gasteiger partial charge on any atom is 0.312 e. The fourth-order valence-electron chi connectivity index (χ4n) is 4.26. The lowest BCUT2D eigenvalue weighted by atomic mass is 9.65. The topological polar surface area (TPSA) is 26.3 Å². The summed E-state index contributed by atoms with van der Waals surface area (Å²) in [5.74, 6) is 3.07. The fourth-order valence-corrected chi connectivity index (χ4v) is 4.26. The highest BCUT2D eigenvalue weighted by atomic mass is 16.5. The van der Waals surface area contributed by atoms with Crippen molar-refractivity contribution in [3.8, 4) is 0 Å². The molecule has 0 N–H and O–H groups in total. The first kappa shape index (κ1) is 13.5. The first-order chi connectivity index (χ1) is 6.65. The molecule has 2 heteroatoms. The van der Waals surface area contributed by atoms with Gasteiger partial charge in [-0.1, -0.05) is 28.7 Å². The molecule has 2 nitrogen and oxygen atoms in total. The van der Waals surface area contributed by atoms with Crippen molar-refractivity contribution in [2.45, 2.75) is 48.0 Å². The monoisotopic (exact) mass is 226 g/mol. The third-order valence-electron chi connectivity index (χ3n) is 5.29. The number of cyclic esters (lactones) is 1. The van der Waals surface area contributed by atoms with Gasteiger partial charge in [0.05, 0.1) is 12.0 Å². The number of rotatable bonds is 0. The van der Waals surface area contributed by atoms with Crippen molar-refractivity contribution >= 4 is 5.97 Å². The number of hydrogen-bond donors (Lipinski definition) is 0. The van der Waals surface area contributed by atoms with Gasteiger partial charge in [0.1, 0.15) is 0 Å². The molecule has 0 aromatic rings. The number of fused-ring (bicyclic) bond motifs is 3. The van der Waals surface area contributed by atoms with Gasteiger partial charge in [-0.2, -0.15) is 0 Å². The minimum absolute atomic E-state index is 0. The van der Waals surface area contributed by atoms with Crippen molar-refractivity contribution in [1.82, 2.24) is 0 Å². The van der Waals surface area contributed by atoms with E-state index in [1.54, 1.807) is 0 Å². The minimum Gasteiger partial charge on any atom is -0.465 e. The van der Waals surface area contributed by atoms with E-state index in [-0.39, 0.29) is 26.2 Å². The Morgan fingerprint density at radius 1 is 1.25 bits per heavy atom. The van der Waals surface area contributed by atoms with Crippen LogP contribution in [0.4, 0.5) is 0 Å². The summed E-state index contributed by atoms with van der Waals surface area (Å²) in [7, 11) is 0. The van der Waals surface area contributed by atoms with Gasteiger partial charge in [-0.15, -0.1) is 0 Å². The average Bonchev–Trinajstić information content (AvgIpc) is 2.77. The van der Waals surface area contributed by atoms with E-state index in [4.69, 9.17) is 4.74 Å². The quantitative estimate of drug-likeness (QED) is 0.591. The molecule has 94 valence electrons. The van der Waals surface area contributed by atoms with Gasteiger partial charge in [-0.3, -0.25) is 4.79 Å². The van der Waals surface area contributed by atoms with E-state index in [2.05, 4.69) is 13.8 Å². The molecule has 2 bridgehead atoms. The van der Waals surface area contributed by atoms with Crippen LogP contribution in [0.1, 0.15) is 48.0 Å². The normalized spacial score (nSPS) is 48.8. The Balaban J connectivity index is 0.000000640. The van der Waals surface area contributed by atoms with Crippen LogP contribution in [0.2, 0.25) is 0 Å². The molecule has 3 aliphatic rings. The van der Waals surface area contributed by atoms with Gasteiger partial charge in [-0.25, -0.2) is 0 Å². The highest BCUT2D eigenvalue weighted by molar-refractivity contribution is 5.79. The zero-order valence-electron chi connectivity index (χ0n) is 8.95. The molecule has 2 saturated carbocycles. The second-order valence-corrected chi connectivity index (χ2v) is 5.57. The van der Waals surface area contributed by atoms with Crippen molar-refractivity contribution in [2.75, 3.05) is 6.61 Å². The van der Waals surface area contributed by atoms with Gasteiger partial charge in [0.2, 0.25) is 0 Å². The van der Waals surface area contributed by atoms with Crippen molar-refractivity contribution in [2.24, 2.45) is 29.1 Å². The highest BCUT2D eigenvalue weighted by Gasteiger charge is 2.63. The van der Waals surface area contributed by atoms with Crippen LogP contribution < -0.4 is 0 Å². The first-order valence-corrected chi connectivity index (χ1v) is 5.82. The zero-order valence-corrected chi connectivity index (χ0v) is 8.95. The van der Waals surface area contributed by atoms with Crippen molar-refractivity contribution in [3.05, 3.63) is 0 Å². The summed E-state index contributed by atoms with van der Waals surface area (Å²) in [5.41, 5.74) is -0.0450. The molecule has 0 aromatic heterocycles. The Bertz CT molecular complexity index is 284. The van der Waals surface area contributed by atoms with Gasteiger partial charge < -0.3 is 4.74 Å². The highest BCUT2D eigenvalue weighted by Crippen LogP contribution is 2.63. The second-order valence-electron chi connectivity index (χ2n) is 5.57. The molecule has 0 amide bonds. The van der Waals surface area contributed by atoms with Crippen molar-refractivity contribution < 1.29 is 9.53 Å². The molecule has 5 atom stereocenters. The Kier molecular flexibility index (Phi) is 3.42. The standard InChI is InChI=1S/C12H18O2.2CH4/c1-7-8(2)10-5-9(7)6-12(10)3-4-14-11(12)13;;/h7-10H,3-6H2,1-2H3;2*1H4. The summed E-state index contributed by atoms with van der Waals surface area (Å²) in [5, 5.41) is 0. The number of carbonyl (C=O) groups excluding carboxylic acids is 1. The molecule has 2 aliphatic carbocycles. The molecule has 3 fully saturated rings. The van der Waals surface area contributed by atoms with Crippen LogP contribution in [-0.4, -0.2) is 12.6 Å². The zero-order chi connectivity index (χ0) is 9.92. The van der Waals surface area contributed by atoms with Gasteiger partial charge in [0.15, 0.2) is 0 Å². The van der Waals surface area contributed by atoms with E-state index in [9.17, 15) is 4.79 Å². The lowest BCUT2D eigenvalue weighted by Crippen LogP contribution is -2.38. The van der Waals surface area contributed by atoms with Crippen LogP contribution in [0.5, 0.6) is 0 Å². The Labute approximate surface area is 99.8 Å². The fraction of sp³-hybridized carbons (Fsp3) is 0.929. The van der Waals surface area contributed by atoms with E-state index in [0.717, 1.165) is 30.6 Å². The largest absolute Gasteiger partial charge is 0.465 e. The maximum atomic E-state index is 11.8. The molecule has 1 aliphatic heterocycles. The first-order valence-electron chi connectivity index (χ1n) is 5.82. The average molecular weight is 226 g/mol. The van der Waals surface area contributed by atoms with Crippen LogP contribution in [0.3, 0.4) is 0 Å². The summed E-state index contributed by atoms with van der Waals surface area (Å²) in [6.07, 6.45) is 3.38.